The first kappa shape index (κ1) is 14.4. The van der Waals surface area contributed by atoms with Crippen molar-refractivity contribution >= 4 is 22.2 Å². The summed E-state index contributed by atoms with van der Waals surface area (Å²) in [6.07, 6.45) is 2.55. The number of nitro groups is 1. The number of likely N-dealkylation sites (N-methyl/N-ethyl adjacent to an activating group) is 1. The number of nitro benzene ring substituents is 1. The molecule has 0 aliphatic rings. The molecular formula is C13H16N4O2S. The molecule has 20 heavy (non-hydrogen) atoms. The lowest BCUT2D eigenvalue weighted by atomic mass is 10.1. The van der Waals surface area contributed by atoms with Crippen molar-refractivity contribution in [2.45, 2.75) is 13.0 Å². The van der Waals surface area contributed by atoms with Gasteiger partial charge in [0.2, 0.25) is 0 Å². The monoisotopic (exact) mass is 292 g/mol. The van der Waals surface area contributed by atoms with Crippen molar-refractivity contribution in [3.05, 3.63) is 51.0 Å². The molecule has 0 saturated carbocycles. The highest BCUT2D eigenvalue weighted by Gasteiger charge is 2.07. The topological polar surface area (TPSA) is 85.3 Å². The summed E-state index contributed by atoms with van der Waals surface area (Å²) < 4.78 is 0. The van der Waals surface area contributed by atoms with Crippen molar-refractivity contribution in [3.63, 3.8) is 0 Å². The van der Waals surface area contributed by atoms with E-state index in [2.05, 4.69) is 9.88 Å². The Hall–Kier alpha value is -1.99. The van der Waals surface area contributed by atoms with Crippen LogP contribution in [0.2, 0.25) is 0 Å². The quantitative estimate of drug-likeness (QED) is 0.652. The van der Waals surface area contributed by atoms with Gasteiger partial charge >= 0.3 is 0 Å². The maximum Gasteiger partial charge on any atom is 0.269 e. The van der Waals surface area contributed by atoms with Gasteiger partial charge in [-0.3, -0.25) is 10.1 Å². The molecule has 2 N–H and O–H groups in total. The van der Waals surface area contributed by atoms with Crippen molar-refractivity contribution in [1.29, 1.82) is 0 Å². The summed E-state index contributed by atoms with van der Waals surface area (Å²) >= 11 is 1.48. The standard InChI is InChI=1S/C13H16N4O2S/c1-16(9-12-8-15-13(14)20-12)6-5-10-3-2-4-11(7-10)17(18)19/h2-4,7-8H,5-6,9H2,1H3,(H2,14,15). The van der Waals surface area contributed by atoms with Crippen molar-refractivity contribution in [1.82, 2.24) is 9.88 Å². The third-order valence-electron chi connectivity index (χ3n) is 2.90. The Kier molecular flexibility index (Phi) is 4.65. The Bertz CT molecular complexity index is 600. The molecule has 0 atom stereocenters. The summed E-state index contributed by atoms with van der Waals surface area (Å²) in [7, 11) is 2.01. The van der Waals surface area contributed by atoms with Crippen LogP contribution in [0, 0.1) is 10.1 Å². The zero-order chi connectivity index (χ0) is 14.5. The fraction of sp³-hybridized carbons (Fsp3) is 0.308. The Morgan fingerprint density at radius 1 is 1.50 bits per heavy atom. The highest BCUT2D eigenvalue weighted by atomic mass is 32.1. The minimum atomic E-state index is -0.368. The summed E-state index contributed by atoms with van der Waals surface area (Å²) in [4.78, 5) is 17.6. The first-order chi connectivity index (χ1) is 9.54. The van der Waals surface area contributed by atoms with E-state index in [1.165, 1.54) is 17.4 Å². The fourth-order valence-electron chi connectivity index (χ4n) is 1.89. The Balaban J connectivity index is 1.88. The molecule has 0 spiro atoms. The molecule has 0 unspecified atom stereocenters. The van der Waals surface area contributed by atoms with Crippen LogP contribution in [-0.2, 0) is 13.0 Å². The van der Waals surface area contributed by atoms with Crippen molar-refractivity contribution < 1.29 is 4.92 Å². The molecule has 0 radical (unpaired) electrons. The summed E-state index contributed by atoms with van der Waals surface area (Å²) in [5.41, 5.74) is 6.70. The number of aromatic nitrogens is 1. The number of non-ortho nitro benzene ring substituents is 1. The lowest BCUT2D eigenvalue weighted by Gasteiger charge is -2.15. The normalized spacial score (nSPS) is 10.9. The predicted molar refractivity (Wildman–Crippen MR) is 79.7 cm³/mol. The van der Waals surface area contributed by atoms with Gasteiger partial charge in [0, 0.05) is 36.3 Å². The number of rotatable bonds is 6. The lowest BCUT2D eigenvalue weighted by Crippen LogP contribution is -2.20. The van der Waals surface area contributed by atoms with Crippen molar-refractivity contribution in [2.24, 2.45) is 0 Å². The summed E-state index contributed by atoms with van der Waals surface area (Å²) in [6, 6.07) is 6.76. The van der Waals surface area contributed by atoms with Crippen molar-refractivity contribution in [3.8, 4) is 0 Å². The Morgan fingerprint density at radius 3 is 2.95 bits per heavy atom. The van der Waals surface area contributed by atoms with E-state index in [0.29, 0.717) is 5.13 Å². The van der Waals surface area contributed by atoms with Crippen LogP contribution in [0.3, 0.4) is 0 Å². The Morgan fingerprint density at radius 2 is 2.30 bits per heavy atom. The molecule has 6 nitrogen and oxygen atoms in total. The minimum Gasteiger partial charge on any atom is -0.375 e. The van der Waals surface area contributed by atoms with E-state index in [0.717, 1.165) is 30.0 Å². The summed E-state index contributed by atoms with van der Waals surface area (Å²) in [5, 5.41) is 11.3. The van der Waals surface area contributed by atoms with E-state index in [9.17, 15) is 10.1 Å². The molecule has 0 aliphatic heterocycles. The van der Waals surface area contributed by atoms with E-state index in [4.69, 9.17) is 5.73 Å². The third-order valence-corrected chi connectivity index (χ3v) is 3.71. The fourth-order valence-corrected chi connectivity index (χ4v) is 2.65. The largest absolute Gasteiger partial charge is 0.375 e. The molecule has 0 bridgehead atoms. The number of nitrogens with two attached hydrogens (primary N) is 1. The van der Waals surface area contributed by atoms with Gasteiger partial charge in [-0.25, -0.2) is 4.98 Å². The SMILES string of the molecule is CN(CCc1cccc([N+](=O)[O-])c1)Cc1cnc(N)s1. The molecule has 0 saturated heterocycles. The number of nitrogen functional groups attached to an aromatic ring is 1. The van der Waals surface area contributed by atoms with Crippen LogP contribution < -0.4 is 5.73 Å². The molecule has 0 aliphatic carbocycles. The van der Waals surface area contributed by atoms with Crippen LogP contribution in [0.15, 0.2) is 30.5 Å². The second kappa shape index (κ2) is 6.44. The lowest BCUT2D eigenvalue weighted by molar-refractivity contribution is -0.384. The van der Waals surface area contributed by atoms with Crippen LogP contribution in [0.1, 0.15) is 10.4 Å². The van der Waals surface area contributed by atoms with E-state index in [1.807, 2.05) is 13.1 Å². The second-order valence-corrected chi connectivity index (χ2v) is 5.73. The van der Waals surface area contributed by atoms with E-state index < -0.39 is 0 Å². The van der Waals surface area contributed by atoms with Crippen molar-refractivity contribution in [2.75, 3.05) is 19.3 Å². The van der Waals surface area contributed by atoms with Crippen LogP contribution >= 0.6 is 11.3 Å². The molecule has 2 rings (SSSR count). The molecule has 1 heterocycles. The molecule has 0 fully saturated rings. The number of thiazole rings is 1. The molecule has 7 heteroatoms. The maximum absolute atomic E-state index is 10.7. The number of nitrogens with zero attached hydrogens (tertiary/aromatic N) is 3. The van der Waals surface area contributed by atoms with E-state index in [-0.39, 0.29) is 10.6 Å². The van der Waals surface area contributed by atoms with Crippen LogP contribution in [0.25, 0.3) is 0 Å². The number of hydrogen-bond donors (Lipinski definition) is 1. The minimum absolute atomic E-state index is 0.139. The molecule has 2 aromatic rings. The van der Waals surface area contributed by atoms with Gasteiger partial charge in [-0.1, -0.05) is 12.1 Å². The van der Waals surface area contributed by atoms with E-state index >= 15 is 0 Å². The predicted octanol–water partition coefficient (Wildman–Crippen LogP) is 2.31. The van der Waals surface area contributed by atoms with Crippen LogP contribution in [0.4, 0.5) is 10.8 Å². The molecular weight excluding hydrogens is 276 g/mol. The highest BCUT2D eigenvalue weighted by Crippen LogP contribution is 2.17. The van der Waals surface area contributed by atoms with Gasteiger partial charge in [0.15, 0.2) is 5.13 Å². The van der Waals surface area contributed by atoms with Gasteiger partial charge in [0.1, 0.15) is 0 Å². The van der Waals surface area contributed by atoms with Crippen LogP contribution in [-0.4, -0.2) is 28.4 Å². The molecule has 0 amide bonds. The van der Waals surface area contributed by atoms with Gasteiger partial charge in [0.05, 0.1) is 4.92 Å². The summed E-state index contributed by atoms with van der Waals surface area (Å²) in [6.45, 7) is 1.60. The van der Waals surface area contributed by atoms with Gasteiger partial charge in [-0.05, 0) is 19.0 Å². The highest BCUT2D eigenvalue weighted by molar-refractivity contribution is 7.15. The third kappa shape index (κ3) is 4.01. The summed E-state index contributed by atoms with van der Waals surface area (Å²) in [5.74, 6) is 0. The average molecular weight is 292 g/mol. The maximum atomic E-state index is 10.7. The number of hydrogen-bond acceptors (Lipinski definition) is 6. The first-order valence-electron chi connectivity index (χ1n) is 6.16. The smallest absolute Gasteiger partial charge is 0.269 e. The number of anilines is 1. The van der Waals surface area contributed by atoms with Gasteiger partial charge in [0.25, 0.3) is 5.69 Å². The first-order valence-corrected chi connectivity index (χ1v) is 6.98. The molecule has 106 valence electrons. The van der Waals surface area contributed by atoms with Gasteiger partial charge in [-0.15, -0.1) is 11.3 Å². The average Bonchev–Trinajstić information content (AvgIpc) is 2.82. The van der Waals surface area contributed by atoms with E-state index in [1.54, 1.807) is 18.3 Å². The van der Waals surface area contributed by atoms with Crippen LogP contribution in [0.5, 0.6) is 0 Å². The number of benzene rings is 1. The molecule has 1 aromatic carbocycles. The zero-order valence-corrected chi connectivity index (χ0v) is 12.0. The zero-order valence-electron chi connectivity index (χ0n) is 11.2. The second-order valence-electron chi connectivity index (χ2n) is 4.58. The van der Waals surface area contributed by atoms with Gasteiger partial charge in [-0.2, -0.15) is 0 Å². The van der Waals surface area contributed by atoms with Gasteiger partial charge < -0.3 is 10.6 Å². The Labute approximate surface area is 121 Å². The molecule has 1 aromatic heterocycles.